The van der Waals surface area contributed by atoms with E-state index < -0.39 is 0 Å². The summed E-state index contributed by atoms with van der Waals surface area (Å²) in [7, 11) is 0. The first kappa shape index (κ1) is 8.33. The fraction of sp³-hybridized carbons (Fsp3) is 0.286. The van der Waals surface area contributed by atoms with Crippen LogP contribution in [-0.4, -0.2) is 17.6 Å². The molecule has 1 heterocycles. The summed E-state index contributed by atoms with van der Waals surface area (Å²) in [6.07, 6.45) is 1.60. The van der Waals surface area contributed by atoms with Crippen LogP contribution in [0.1, 0.15) is 17.3 Å². The molecule has 0 bridgehead atoms. The summed E-state index contributed by atoms with van der Waals surface area (Å²) >= 11 is 3.19. The lowest BCUT2D eigenvalue weighted by Crippen LogP contribution is -2.02. The number of carbonyl (C=O) groups is 1. The zero-order valence-electron chi connectivity index (χ0n) is 6.06. The molecule has 1 N–H and O–H groups in total. The van der Waals surface area contributed by atoms with Crippen molar-refractivity contribution in [2.75, 3.05) is 6.61 Å². The summed E-state index contributed by atoms with van der Waals surface area (Å²) < 4.78 is 5.54. The van der Waals surface area contributed by atoms with Gasteiger partial charge in [0.2, 0.25) is 0 Å². The Balaban J connectivity index is 2.69. The Hall–Kier alpha value is -0.770. The van der Waals surface area contributed by atoms with Gasteiger partial charge in [0.25, 0.3) is 0 Å². The third kappa shape index (κ3) is 2.08. The fourth-order valence-electron chi connectivity index (χ4n) is 0.699. The zero-order valence-corrected chi connectivity index (χ0v) is 7.64. The van der Waals surface area contributed by atoms with E-state index in [4.69, 9.17) is 4.74 Å². The van der Waals surface area contributed by atoms with Crippen LogP contribution in [0.15, 0.2) is 16.9 Å². The van der Waals surface area contributed by atoms with Gasteiger partial charge in [0, 0.05) is 6.20 Å². The van der Waals surface area contributed by atoms with Crippen LogP contribution in [0, 0.1) is 0 Å². The maximum absolute atomic E-state index is 11.0. The lowest BCUT2D eigenvalue weighted by atomic mass is 10.3. The average molecular weight is 218 g/mol. The first-order valence-electron chi connectivity index (χ1n) is 3.25. The summed E-state index contributed by atoms with van der Waals surface area (Å²) in [5.74, 6) is -0.297. The van der Waals surface area contributed by atoms with Crippen LogP contribution in [0.2, 0.25) is 0 Å². The van der Waals surface area contributed by atoms with Gasteiger partial charge in [-0.1, -0.05) is 0 Å². The molecule has 0 aliphatic rings. The van der Waals surface area contributed by atoms with Crippen molar-refractivity contribution in [3.8, 4) is 0 Å². The second-order valence-electron chi connectivity index (χ2n) is 1.96. The van der Waals surface area contributed by atoms with Gasteiger partial charge in [0.1, 0.15) is 0 Å². The van der Waals surface area contributed by atoms with Crippen molar-refractivity contribution in [3.63, 3.8) is 0 Å². The van der Waals surface area contributed by atoms with Crippen molar-refractivity contribution in [1.82, 2.24) is 4.98 Å². The monoisotopic (exact) mass is 217 g/mol. The molecule has 4 heteroatoms. The number of nitrogens with one attached hydrogen (secondary N) is 1. The molecular weight excluding hydrogens is 210 g/mol. The predicted octanol–water partition coefficient (Wildman–Crippen LogP) is 1.95. The van der Waals surface area contributed by atoms with Crippen LogP contribution < -0.4 is 0 Å². The molecule has 1 rings (SSSR count). The minimum atomic E-state index is -0.297. The highest BCUT2D eigenvalue weighted by Crippen LogP contribution is 2.10. The first-order valence-corrected chi connectivity index (χ1v) is 4.04. The second kappa shape index (κ2) is 3.57. The number of hydrogen-bond donors (Lipinski definition) is 1. The number of ether oxygens (including phenoxy) is 1. The lowest BCUT2D eigenvalue weighted by Gasteiger charge is -1.95. The van der Waals surface area contributed by atoms with Crippen molar-refractivity contribution in [2.45, 2.75) is 6.92 Å². The number of aromatic nitrogens is 1. The molecule has 0 aliphatic heterocycles. The molecule has 0 amide bonds. The van der Waals surface area contributed by atoms with E-state index in [1.165, 1.54) is 0 Å². The number of esters is 1. The lowest BCUT2D eigenvalue weighted by molar-refractivity contribution is 0.0526. The highest BCUT2D eigenvalue weighted by Gasteiger charge is 2.06. The maximum Gasteiger partial charge on any atom is 0.339 e. The van der Waals surface area contributed by atoms with Crippen LogP contribution in [0.5, 0.6) is 0 Å². The minimum Gasteiger partial charge on any atom is -0.462 e. The fourth-order valence-corrected chi connectivity index (χ4v) is 1.06. The Morgan fingerprint density at radius 2 is 2.55 bits per heavy atom. The molecule has 60 valence electrons. The van der Waals surface area contributed by atoms with Crippen LogP contribution in [-0.2, 0) is 4.74 Å². The zero-order chi connectivity index (χ0) is 8.27. The number of rotatable bonds is 2. The van der Waals surface area contributed by atoms with Gasteiger partial charge >= 0.3 is 5.97 Å². The van der Waals surface area contributed by atoms with E-state index >= 15 is 0 Å². The number of H-pyrrole nitrogens is 1. The Bertz CT molecular complexity index is 257. The van der Waals surface area contributed by atoms with E-state index in [1.54, 1.807) is 19.2 Å². The Morgan fingerprint density at radius 3 is 3.00 bits per heavy atom. The van der Waals surface area contributed by atoms with Crippen molar-refractivity contribution < 1.29 is 9.53 Å². The van der Waals surface area contributed by atoms with Gasteiger partial charge in [-0.2, -0.15) is 0 Å². The van der Waals surface area contributed by atoms with Crippen LogP contribution in [0.25, 0.3) is 0 Å². The Morgan fingerprint density at radius 1 is 1.82 bits per heavy atom. The van der Waals surface area contributed by atoms with E-state index in [0.29, 0.717) is 12.2 Å². The third-order valence-electron chi connectivity index (χ3n) is 1.16. The molecule has 1 aromatic rings. The standard InChI is InChI=1S/C7H8BrNO2/c1-2-11-7(10)5-3-6(8)9-4-5/h3-4,9H,2H2,1H3. The molecule has 0 saturated carbocycles. The van der Waals surface area contributed by atoms with Crippen molar-refractivity contribution in [2.24, 2.45) is 0 Å². The summed E-state index contributed by atoms with van der Waals surface area (Å²) in [6.45, 7) is 2.18. The molecule has 0 fully saturated rings. The summed E-state index contributed by atoms with van der Waals surface area (Å²) in [6, 6.07) is 1.68. The summed E-state index contributed by atoms with van der Waals surface area (Å²) in [5, 5.41) is 0. The first-order chi connectivity index (χ1) is 5.24. The molecule has 3 nitrogen and oxygen atoms in total. The normalized spacial score (nSPS) is 9.64. The van der Waals surface area contributed by atoms with E-state index in [0.717, 1.165) is 4.60 Å². The summed E-state index contributed by atoms with van der Waals surface area (Å²) in [5.41, 5.74) is 0.540. The largest absolute Gasteiger partial charge is 0.462 e. The number of hydrogen-bond acceptors (Lipinski definition) is 2. The summed E-state index contributed by atoms with van der Waals surface area (Å²) in [4.78, 5) is 13.8. The quantitative estimate of drug-likeness (QED) is 0.771. The van der Waals surface area contributed by atoms with E-state index in [9.17, 15) is 4.79 Å². The molecule has 0 spiro atoms. The van der Waals surface area contributed by atoms with Gasteiger partial charge in [0.15, 0.2) is 0 Å². The highest BCUT2D eigenvalue weighted by atomic mass is 79.9. The molecule has 0 aliphatic carbocycles. The number of aromatic amines is 1. The average Bonchev–Trinajstić information content (AvgIpc) is 2.36. The maximum atomic E-state index is 11.0. The molecule has 0 atom stereocenters. The molecule has 0 aromatic carbocycles. The van der Waals surface area contributed by atoms with Crippen molar-refractivity contribution >= 4 is 21.9 Å². The Labute approximate surface area is 72.9 Å². The van der Waals surface area contributed by atoms with E-state index in [-0.39, 0.29) is 5.97 Å². The Kier molecular flexibility index (Phi) is 2.70. The van der Waals surface area contributed by atoms with Gasteiger partial charge in [-0.05, 0) is 28.9 Å². The minimum absolute atomic E-state index is 0.297. The molecule has 0 saturated heterocycles. The highest BCUT2D eigenvalue weighted by molar-refractivity contribution is 9.10. The number of carbonyl (C=O) groups excluding carboxylic acids is 1. The topological polar surface area (TPSA) is 42.1 Å². The van der Waals surface area contributed by atoms with Crippen molar-refractivity contribution in [1.29, 1.82) is 0 Å². The molecular formula is C7H8BrNO2. The van der Waals surface area contributed by atoms with Crippen LogP contribution in [0.4, 0.5) is 0 Å². The van der Waals surface area contributed by atoms with Gasteiger partial charge in [-0.15, -0.1) is 0 Å². The number of halogens is 1. The second-order valence-corrected chi connectivity index (χ2v) is 2.81. The van der Waals surface area contributed by atoms with Crippen LogP contribution in [0.3, 0.4) is 0 Å². The molecule has 0 radical (unpaired) electrons. The van der Waals surface area contributed by atoms with Gasteiger partial charge in [-0.3, -0.25) is 0 Å². The smallest absolute Gasteiger partial charge is 0.339 e. The molecule has 0 unspecified atom stereocenters. The molecule has 1 aromatic heterocycles. The van der Waals surface area contributed by atoms with E-state index in [2.05, 4.69) is 20.9 Å². The van der Waals surface area contributed by atoms with Crippen molar-refractivity contribution in [3.05, 3.63) is 22.4 Å². The molecule has 11 heavy (non-hydrogen) atoms. The van der Waals surface area contributed by atoms with Gasteiger partial charge in [-0.25, -0.2) is 4.79 Å². The SMILES string of the molecule is CCOC(=O)c1c[nH]c(Br)c1. The van der Waals surface area contributed by atoms with Gasteiger partial charge < -0.3 is 9.72 Å². The predicted molar refractivity (Wildman–Crippen MR) is 44.4 cm³/mol. The third-order valence-corrected chi connectivity index (χ3v) is 1.62. The van der Waals surface area contributed by atoms with Gasteiger partial charge in [0.05, 0.1) is 16.8 Å². The van der Waals surface area contributed by atoms with E-state index in [1.807, 2.05) is 0 Å². The van der Waals surface area contributed by atoms with Crippen LogP contribution >= 0.6 is 15.9 Å².